The van der Waals surface area contributed by atoms with E-state index in [0.29, 0.717) is 6.04 Å². The first-order valence-corrected chi connectivity index (χ1v) is 8.30. The molecule has 0 aliphatic carbocycles. The fourth-order valence-corrected chi connectivity index (χ4v) is 2.84. The van der Waals surface area contributed by atoms with Crippen LogP contribution in [0.5, 0.6) is 0 Å². The van der Waals surface area contributed by atoms with Crippen molar-refractivity contribution in [2.75, 3.05) is 53.1 Å². The maximum atomic E-state index is 5.66. The predicted octanol–water partition coefficient (Wildman–Crippen LogP) is 2.14. The molecule has 1 aliphatic rings. The van der Waals surface area contributed by atoms with E-state index < -0.39 is 0 Å². The molecule has 1 saturated heterocycles. The average molecular weight is 286 g/mol. The fraction of sp³-hybridized carbons (Fsp3) is 1.00. The van der Waals surface area contributed by atoms with Gasteiger partial charge in [-0.1, -0.05) is 6.92 Å². The smallest absolute Gasteiger partial charge is 0.0593 e. The molecule has 0 spiro atoms. The lowest BCUT2D eigenvalue weighted by Crippen LogP contribution is -2.45. The van der Waals surface area contributed by atoms with E-state index >= 15 is 0 Å². The van der Waals surface area contributed by atoms with Crippen LogP contribution in [0, 0.1) is 5.92 Å². The molecule has 2 atom stereocenters. The van der Waals surface area contributed by atoms with E-state index in [9.17, 15) is 0 Å². The molecule has 1 rings (SSSR count). The van der Waals surface area contributed by atoms with Gasteiger partial charge in [-0.05, 0) is 51.6 Å². The Bertz CT molecular complexity index is 227. The zero-order chi connectivity index (χ0) is 14.6. The van der Waals surface area contributed by atoms with Crippen LogP contribution < -0.4 is 5.32 Å². The second-order valence-electron chi connectivity index (χ2n) is 5.90. The minimum Gasteiger partial charge on any atom is -0.385 e. The van der Waals surface area contributed by atoms with E-state index in [4.69, 9.17) is 9.47 Å². The molecule has 0 radical (unpaired) electrons. The van der Waals surface area contributed by atoms with Gasteiger partial charge in [0.1, 0.15) is 0 Å². The molecule has 1 aliphatic heterocycles. The summed E-state index contributed by atoms with van der Waals surface area (Å²) in [5.74, 6) is 0.795. The van der Waals surface area contributed by atoms with Gasteiger partial charge in [0.25, 0.3) is 0 Å². The first kappa shape index (κ1) is 17.9. The minimum absolute atomic E-state index is 0.639. The van der Waals surface area contributed by atoms with Crippen molar-refractivity contribution in [1.29, 1.82) is 0 Å². The third-order valence-electron chi connectivity index (χ3n) is 4.15. The summed E-state index contributed by atoms with van der Waals surface area (Å²) in [6.45, 7) is 11.7. The molecular formula is C16H34N2O2. The Morgan fingerprint density at radius 2 is 2.15 bits per heavy atom. The van der Waals surface area contributed by atoms with Gasteiger partial charge in [0, 0.05) is 39.5 Å². The van der Waals surface area contributed by atoms with Crippen molar-refractivity contribution < 1.29 is 9.47 Å². The number of hydrogen-bond donors (Lipinski definition) is 1. The van der Waals surface area contributed by atoms with Crippen molar-refractivity contribution in [2.45, 2.75) is 45.6 Å². The Balaban J connectivity index is 2.10. The molecule has 4 nitrogen and oxygen atoms in total. The highest BCUT2D eigenvalue weighted by Crippen LogP contribution is 2.19. The number of nitrogens with one attached hydrogen (secondary N) is 1. The van der Waals surface area contributed by atoms with E-state index in [1.807, 2.05) is 0 Å². The molecule has 1 heterocycles. The normalized spacial score (nSPS) is 22.1. The van der Waals surface area contributed by atoms with Crippen molar-refractivity contribution in [2.24, 2.45) is 5.92 Å². The molecule has 120 valence electrons. The Hall–Kier alpha value is -0.160. The largest absolute Gasteiger partial charge is 0.385 e. The number of nitrogens with zero attached hydrogens (tertiary/aromatic N) is 1. The van der Waals surface area contributed by atoms with Gasteiger partial charge in [-0.25, -0.2) is 0 Å². The SMILES string of the molecule is CCCNC(C)C1CCCN(CCOCCCOC)C1. The zero-order valence-corrected chi connectivity index (χ0v) is 13.7. The topological polar surface area (TPSA) is 33.7 Å². The van der Waals surface area contributed by atoms with E-state index in [1.54, 1.807) is 7.11 Å². The quantitative estimate of drug-likeness (QED) is 0.590. The number of rotatable bonds is 11. The Kier molecular flexibility index (Phi) is 10.3. The van der Waals surface area contributed by atoms with Crippen LogP contribution in [0.25, 0.3) is 0 Å². The molecule has 0 aromatic carbocycles. The van der Waals surface area contributed by atoms with Crippen LogP contribution in [0.2, 0.25) is 0 Å². The lowest BCUT2D eigenvalue weighted by atomic mass is 9.91. The van der Waals surface area contributed by atoms with Crippen molar-refractivity contribution in [3.8, 4) is 0 Å². The summed E-state index contributed by atoms with van der Waals surface area (Å²) in [6.07, 6.45) is 4.91. The average Bonchev–Trinajstić information content (AvgIpc) is 2.48. The van der Waals surface area contributed by atoms with Crippen molar-refractivity contribution in [1.82, 2.24) is 10.2 Å². The van der Waals surface area contributed by atoms with Gasteiger partial charge in [-0.2, -0.15) is 0 Å². The first-order valence-electron chi connectivity index (χ1n) is 8.30. The van der Waals surface area contributed by atoms with E-state index in [2.05, 4.69) is 24.1 Å². The molecule has 0 amide bonds. The molecule has 1 N–H and O–H groups in total. The van der Waals surface area contributed by atoms with Crippen LogP contribution >= 0.6 is 0 Å². The van der Waals surface area contributed by atoms with Crippen LogP contribution in [-0.4, -0.2) is 64.1 Å². The van der Waals surface area contributed by atoms with Gasteiger partial charge in [-0.3, -0.25) is 0 Å². The fourth-order valence-electron chi connectivity index (χ4n) is 2.84. The van der Waals surface area contributed by atoms with Gasteiger partial charge < -0.3 is 19.7 Å². The lowest BCUT2D eigenvalue weighted by molar-refractivity contribution is 0.0674. The third-order valence-corrected chi connectivity index (χ3v) is 4.15. The second-order valence-corrected chi connectivity index (χ2v) is 5.90. The molecule has 2 unspecified atom stereocenters. The van der Waals surface area contributed by atoms with Gasteiger partial charge in [0.2, 0.25) is 0 Å². The van der Waals surface area contributed by atoms with Crippen LogP contribution in [0.4, 0.5) is 0 Å². The van der Waals surface area contributed by atoms with E-state index in [-0.39, 0.29) is 0 Å². The standard InChI is InChI=1S/C16H34N2O2/c1-4-8-17-15(2)16-7-5-9-18(14-16)10-13-20-12-6-11-19-3/h15-17H,4-14H2,1-3H3. The Morgan fingerprint density at radius 3 is 2.90 bits per heavy atom. The van der Waals surface area contributed by atoms with Gasteiger partial charge in [-0.15, -0.1) is 0 Å². The highest BCUT2D eigenvalue weighted by Gasteiger charge is 2.23. The maximum absolute atomic E-state index is 5.66. The summed E-state index contributed by atoms with van der Waals surface area (Å²) in [5.41, 5.74) is 0. The van der Waals surface area contributed by atoms with E-state index in [1.165, 1.54) is 32.4 Å². The first-order chi connectivity index (χ1) is 9.77. The summed E-state index contributed by atoms with van der Waals surface area (Å²) in [6, 6.07) is 0.639. The lowest BCUT2D eigenvalue weighted by Gasteiger charge is -2.36. The molecule has 0 aromatic rings. The molecule has 20 heavy (non-hydrogen) atoms. The van der Waals surface area contributed by atoms with Crippen molar-refractivity contribution in [3.63, 3.8) is 0 Å². The number of hydrogen-bond acceptors (Lipinski definition) is 4. The summed E-state index contributed by atoms with van der Waals surface area (Å²) < 4.78 is 10.7. The highest BCUT2D eigenvalue weighted by atomic mass is 16.5. The van der Waals surface area contributed by atoms with Crippen LogP contribution in [0.3, 0.4) is 0 Å². The van der Waals surface area contributed by atoms with Crippen LogP contribution in [-0.2, 0) is 9.47 Å². The van der Waals surface area contributed by atoms with Gasteiger partial charge >= 0.3 is 0 Å². The summed E-state index contributed by atoms with van der Waals surface area (Å²) >= 11 is 0. The predicted molar refractivity (Wildman–Crippen MR) is 84.2 cm³/mol. The zero-order valence-electron chi connectivity index (χ0n) is 13.7. The number of methoxy groups -OCH3 is 1. The summed E-state index contributed by atoms with van der Waals surface area (Å²) in [5, 5.41) is 3.64. The van der Waals surface area contributed by atoms with Crippen LogP contribution in [0.1, 0.15) is 39.5 Å². The molecular weight excluding hydrogens is 252 g/mol. The maximum Gasteiger partial charge on any atom is 0.0593 e. The molecule has 0 saturated carbocycles. The number of piperidine rings is 1. The highest BCUT2D eigenvalue weighted by molar-refractivity contribution is 4.80. The molecule has 4 heteroatoms. The number of ether oxygens (including phenoxy) is 2. The number of likely N-dealkylation sites (tertiary alicyclic amines) is 1. The molecule has 1 fully saturated rings. The van der Waals surface area contributed by atoms with Gasteiger partial charge in [0.05, 0.1) is 6.61 Å². The molecule has 0 bridgehead atoms. The third kappa shape index (κ3) is 7.58. The Morgan fingerprint density at radius 1 is 1.30 bits per heavy atom. The summed E-state index contributed by atoms with van der Waals surface area (Å²) in [7, 11) is 1.74. The molecule has 0 aromatic heterocycles. The minimum atomic E-state index is 0.639. The monoisotopic (exact) mass is 286 g/mol. The van der Waals surface area contributed by atoms with E-state index in [0.717, 1.165) is 45.2 Å². The van der Waals surface area contributed by atoms with Crippen molar-refractivity contribution in [3.05, 3.63) is 0 Å². The Labute approximate surface area is 125 Å². The second kappa shape index (κ2) is 11.5. The summed E-state index contributed by atoms with van der Waals surface area (Å²) in [4.78, 5) is 2.56. The van der Waals surface area contributed by atoms with Crippen molar-refractivity contribution >= 4 is 0 Å². The van der Waals surface area contributed by atoms with Gasteiger partial charge in [0.15, 0.2) is 0 Å². The van der Waals surface area contributed by atoms with Crippen LogP contribution in [0.15, 0.2) is 0 Å².